The number of fused-ring (bicyclic) bond motifs is 1. The van der Waals surface area contributed by atoms with Gasteiger partial charge in [-0.3, -0.25) is 9.59 Å². The Labute approximate surface area is 232 Å². The van der Waals surface area contributed by atoms with E-state index in [9.17, 15) is 9.59 Å². The summed E-state index contributed by atoms with van der Waals surface area (Å²) in [5.74, 6) is 0.120. The maximum atomic E-state index is 13.7. The van der Waals surface area contributed by atoms with Crippen LogP contribution in [-0.2, 0) is 11.2 Å². The molecule has 1 amide bonds. The van der Waals surface area contributed by atoms with Crippen LogP contribution in [0.25, 0.3) is 10.9 Å². The summed E-state index contributed by atoms with van der Waals surface area (Å²) in [6, 6.07) is 16.9. The first kappa shape index (κ1) is 28.2. The summed E-state index contributed by atoms with van der Waals surface area (Å²) in [5, 5.41) is 4.23. The molecule has 1 aliphatic carbocycles. The predicted octanol–water partition coefficient (Wildman–Crippen LogP) is 6.24. The molecule has 0 bridgehead atoms. The lowest BCUT2D eigenvalue weighted by Gasteiger charge is -2.32. The zero-order chi connectivity index (χ0) is 25.8. The molecule has 7 heteroatoms. The van der Waals surface area contributed by atoms with Crippen molar-refractivity contribution >= 4 is 35.2 Å². The van der Waals surface area contributed by atoms with E-state index in [0.717, 1.165) is 73.9 Å². The molecular weight excluding hydrogens is 498 g/mol. The molecule has 2 heterocycles. The van der Waals surface area contributed by atoms with Gasteiger partial charge in [-0.15, -0.1) is 12.4 Å². The van der Waals surface area contributed by atoms with Gasteiger partial charge in [0.2, 0.25) is 0 Å². The van der Waals surface area contributed by atoms with Crippen molar-refractivity contribution in [3.63, 3.8) is 0 Å². The van der Waals surface area contributed by atoms with Crippen LogP contribution in [0.1, 0.15) is 79.5 Å². The number of likely N-dealkylation sites (tertiary alicyclic amines) is 1. The number of ether oxygens (including phenoxy) is 1. The van der Waals surface area contributed by atoms with Crippen molar-refractivity contribution in [2.75, 3.05) is 19.6 Å². The summed E-state index contributed by atoms with van der Waals surface area (Å²) in [4.78, 5) is 27.8. The maximum Gasteiger partial charge on any atom is 0.308 e. The van der Waals surface area contributed by atoms with Crippen molar-refractivity contribution in [3.8, 4) is 5.75 Å². The molecule has 0 radical (unpaired) electrons. The van der Waals surface area contributed by atoms with Crippen LogP contribution in [0.3, 0.4) is 0 Å². The number of hydrogen-bond acceptors (Lipinski definition) is 4. The fourth-order valence-corrected chi connectivity index (χ4v) is 6.24. The quantitative estimate of drug-likeness (QED) is 0.286. The highest BCUT2D eigenvalue weighted by Crippen LogP contribution is 2.37. The van der Waals surface area contributed by atoms with Gasteiger partial charge in [-0.1, -0.05) is 49.6 Å². The lowest BCUT2D eigenvalue weighted by atomic mass is 9.95. The summed E-state index contributed by atoms with van der Waals surface area (Å²) in [5.41, 5.74) is 4.16. The van der Waals surface area contributed by atoms with E-state index in [1.165, 1.54) is 31.7 Å². The first-order valence-corrected chi connectivity index (χ1v) is 13.9. The van der Waals surface area contributed by atoms with Crippen LogP contribution in [-0.4, -0.2) is 47.0 Å². The third-order valence-electron chi connectivity index (χ3n) is 8.13. The molecule has 2 fully saturated rings. The van der Waals surface area contributed by atoms with Gasteiger partial charge >= 0.3 is 5.97 Å². The summed E-state index contributed by atoms with van der Waals surface area (Å²) < 4.78 is 7.75. The minimum absolute atomic E-state index is 0. The number of carbonyl (C=O) groups is 2. The summed E-state index contributed by atoms with van der Waals surface area (Å²) >= 11 is 0. The normalized spacial score (nSPS) is 17.2. The maximum absolute atomic E-state index is 13.7. The molecule has 3 aromatic rings. The molecule has 2 aromatic carbocycles. The second-order valence-electron chi connectivity index (χ2n) is 10.7. The standard InChI is InChI=1S/C31H39N3O3.ClH/c1-22-30(31(36)32-25-16-19-33(20-17-25)18-15-24-9-5-3-6-10-24)28-21-27(37-23(2)35)13-14-29(28)34(22)26-11-7-4-8-12-26;/h3,5-6,9-10,13-14,21,25-26H,4,7-8,11-12,15-20H2,1-2H3,(H,32,36);1H. The molecule has 38 heavy (non-hydrogen) atoms. The van der Waals surface area contributed by atoms with Gasteiger partial charge in [-0.25, -0.2) is 0 Å². The van der Waals surface area contributed by atoms with E-state index in [1.807, 2.05) is 18.2 Å². The molecule has 0 spiro atoms. The average molecular weight is 538 g/mol. The van der Waals surface area contributed by atoms with Gasteiger partial charge in [0, 0.05) is 55.2 Å². The lowest BCUT2D eigenvalue weighted by Crippen LogP contribution is -2.45. The topological polar surface area (TPSA) is 63.6 Å². The monoisotopic (exact) mass is 537 g/mol. The van der Waals surface area contributed by atoms with Crippen molar-refractivity contribution in [1.82, 2.24) is 14.8 Å². The highest BCUT2D eigenvalue weighted by molar-refractivity contribution is 6.09. The number of esters is 1. The third kappa shape index (κ3) is 6.41. The number of amides is 1. The largest absolute Gasteiger partial charge is 0.427 e. The van der Waals surface area contributed by atoms with Crippen molar-refractivity contribution in [3.05, 3.63) is 65.4 Å². The van der Waals surface area contributed by atoms with E-state index >= 15 is 0 Å². The number of nitrogens with one attached hydrogen (secondary N) is 1. The summed E-state index contributed by atoms with van der Waals surface area (Å²) in [6.07, 6.45) is 8.97. The number of nitrogens with zero attached hydrogens (tertiary/aromatic N) is 2. The molecule has 0 atom stereocenters. The molecule has 6 nitrogen and oxygen atoms in total. The van der Waals surface area contributed by atoms with Crippen molar-refractivity contribution in [2.45, 2.75) is 77.3 Å². The highest BCUT2D eigenvalue weighted by Gasteiger charge is 2.28. The lowest BCUT2D eigenvalue weighted by molar-refractivity contribution is -0.131. The second-order valence-corrected chi connectivity index (χ2v) is 10.7. The smallest absolute Gasteiger partial charge is 0.308 e. The number of aromatic nitrogens is 1. The second kappa shape index (κ2) is 12.8. The van der Waals surface area contributed by atoms with Gasteiger partial charge < -0.3 is 19.5 Å². The minimum Gasteiger partial charge on any atom is -0.427 e. The fourth-order valence-electron chi connectivity index (χ4n) is 6.24. The van der Waals surface area contributed by atoms with Crippen LogP contribution in [0.5, 0.6) is 5.75 Å². The SMILES string of the molecule is CC(=O)Oc1ccc2c(c1)c(C(=O)NC1CCN(CCc3ccccc3)CC1)c(C)n2C1CCCCC1.Cl. The van der Waals surface area contributed by atoms with E-state index in [0.29, 0.717) is 11.8 Å². The number of piperidine rings is 1. The fraction of sp³-hybridized carbons (Fsp3) is 0.484. The Morgan fingerprint density at radius 3 is 2.37 bits per heavy atom. The Hall–Kier alpha value is -2.83. The van der Waals surface area contributed by atoms with E-state index in [1.54, 1.807) is 0 Å². The summed E-state index contributed by atoms with van der Waals surface area (Å²) in [7, 11) is 0. The van der Waals surface area contributed by atoms with Crippen LogP contribution < -0.4 is 10.1 Å². The van der Waals surface area contributed by atoms with Crippen LogP contribution in [0.4, 0.5) is 0 Å². The molecule has 0 unspecified atom stereocenters. The van der Waals surface area contributed by atoms with E-state index in [4.69, 9.17) is 4.74 Å². The average Bonchev–Trinajstić information content (AvgIpc) is 3.20. The van der Waals surface area contributed by atoms with Gasteiger partial charge in [0.25, 0.3) is 5.91 Å². The first-order chi connectivity index (χ1) is 18.0. The molecular formula is C31H40ClN3O3. The van der Waals surface area contributed by atoms with Gasteiger partial charge in [0.1, 0.15) is 5.75 Å². The van der Waals surface area contributed by atoms with Gasteiger partial charge in [0.05, 0.1) is 5.56 Å². The Morgan fingerprint density at radius 1 is 0.974 bits per heavy atom. The molecule has 1 aromatic heterocycles. The van der Waals surface area contributed by atoms with E-state index in [-0.39, 0.29) is 30.3 Å². The molecule has 1 saturated heterocycles. The Balaban J connectivity index is 0.00000336. The molecule has 204 valence electrons. The molecule has 1 saturated carbocycles. The van der Waals surface area contributed by atoms with Gasteiger partial charge in [-0.05, 0) is 62.8 Å². The molecule has 5 rings (SSSR count). The van der Waals surface area contributed by atoms with Crippen molar-refractivity contribution in [2.24, 2.45) is 0 Å². The first-order valence-electron chi connectivity index (χ1n) is 13.9. The number of halogens is 1. The third-order valence-corrected chi connectivity index (χ3v) is 8.13. The Kier molecular flexibility index (Phi) is 9.50. The van der Waals surface area contributed by atoms with E-state index < -0.39 is 0 Å². The van der Waals surface area contributed by atoms with Gasteiger partial charge in [-0.2, -0.15) is 0 Å². The zero-order valence-corrected chi connectivity index (χ0v) is 23.4. The van der Waals surface area contributed by atoms with Crippen molar-refractivity contribution in [1.29, 1.82) is 0 Å². The Morgan fingerprint density at radius 2 is 1.68 bits per heavy atom. The van der Waals surface area contributed by atoms with Crippen LogP contribution in [0.2, 0.25) is 0 Å². The molecule has 1 aliphatic heterocycles. The Bertz CT molecular complexity index is 1240. The number of hydrogen-bond donors (Lipinski definition) is 1. The minimum atomic E-state index is -0.354. The van der Waals surface area contributed by atoms with Crippen LogP contribution in [0, 0.1) is 6.92 Å². The molecule has 2 aliphatic rings. The van der Waals surface area contributed by atoms with Gasteiger partial charge in [0.15, 0.2) is 0 Å². The zero-order valence-electron chi connectivity index (χ0n) is 22.6. The van der Waals surface area contributed by atoms with Crippen LogP contribution >= 0.6 is 12.4 Å². The van der Waals surface area contributed by atoms with Crippen LogP contribution in [0.15, 0.2) is 48.5 Å². The number of benzene rings is 2. The highest BCUT2D eigenvalue weighted by atomic mass is 35.5. The number of rotatable bonds is 7. The van der Waals surface area contributed by atoms with E-state index in [2.05, 4.69) is 52.0 Å². The number of carbonyl (C=O) groups excluding carboxylic acids is 2. The summed E-state index contributed by atoms with van der Waals surface area (Å²) in [6.45, 7) is 6.52. The predicted molar refractivity (Wildman–Crippen MR) is 154 cm³/mol. The molecule has 1 N–H and O–H groups in total. The van der Waals surface area contributed by atoms with Crippen molar-refractivity contribution < 1.29 is 14.3 Å².